The van der Waals surface area contributed by atoms with E-state index in [1.807, 2.05) is 0 Å². The number of fused-ring (bicyclic) bond motifs is 1. The van der Waals surface area contributed by atoms with E-state index in [9.17, 15) is 0 Å². The molecular formula is C16H25NO. The van der Waals surface area contributed by atoms with E-state index >= 15 is 0 Å². The van der Waals surface area contributed by atoms with Crippen LogP contribution in [-0.4, -0.2) is 13.7 Å². The number of hydrogen-bond acceptors (Lipinski definition) is 2. The van der Waals surface area contributed by atoms with Gasteiger partial charge in [0.2, 0.25) is 0 Å². The van der Waals surface area contributed by atoms with Crippen molar-refractivity contribution in [3.8, 4) is 5.75 Å². The SMILES string of the molecule is CCCNC1CCCCc2c(OC)ccc(C)c21. The van der Waals surface area contributed by atoms with Gasteiger partial charge in [-0.3, -0.25) is 0 Å². The van der Waals surface area contributed by atoms with Gasteiger partial charge in [0.15, 0.2) is 0 Å². The van der Waals surface area contributed by atoms with Crippen molar-refractivity contribution in [2.45, 2.75) is 52.0 Å². The Morgan fingerprint density at radius 1 is 1.33 bits per heavy atom. The van der Waals surface area contributed by atoms with Crippen LogP contribution < -0.4 is 10.1 Å². The molecule has 2 nitrogen and oxygen atoms in total. The Hall–Kier alpha value is -1.02. The van der Waals surface area contributed by atoms with Crippen molar-refractivity contribution in [3.05, 3.63) is 28.8 Å². The van der Waals surface area contributed by atoms with Crippen LogP contribution >= 0.6 is 0 Å². The number of methoxy groups -OCH3 is 1. The molecule has 0 fully saturated rings. The summed E-state index contributed by atoms with van der Waals surface area (Å²) in [6, 6.07) is 4.83. The van der Waals surface area contributed by atoms with Crippen molar-refractivity contribution in [1.82, 2.24) is 5.32 Å². The Labute approximate surface area is 111 Å². The lowest BCUT2D eigenvalue weighted by Crippen LogP contribution is -2.23. The Bertz CT molecular complexity index is 400. The largest absolute Gasteiger partial charge is 0.496 e. The predicted octanol–water partition coefficient (Wildman–Crippen LogP) is 3.77. The van der Waals surface area contributed by atoms with E-state index in [2.05, 4.69) is 31.3 Å². The molecule has 0 amide bonds. The maximum Gasteiger partial charge on any atom is 0.122 e. The van der Waals surface area contributed by atoms with Crippen molar-refractivity contribution < 1.29 is 4.74 Å². The highest BCUT2D eigenvalue weighted by Gasteiger charge is 2.22. The van der Waals surface area contributed by atoms with Crippen molar-refractivity contribution in [1.29, 1.82) is 0 Å². The predicted molar refractivity (Wildman–Crippen MR) is 76.3 cm³/mol. The standard InChI is InChI=1S/C16H25NO/c1-4-11-17-14-8-6-5-7-13-15(18-3)10-9-12(2)16(13)14/h9-10,14,17H,4-8,11H2,1-3H3. The number of benzene rings is 1. The average Bonchev–Trinajstić information content (AvgIpc) is 2.60. The van der Waals surface area contributed by atoms with Crippen LogP contribution in [0.3, 0.4) is 0 Å². The summed E-state index contributed by atoms with van der Waals surface area (Å²) in [4.78, 5) is 0. The van der Waals surface area contributed by atoms with Gasteiger partial charge in [0.25, 0.3) is 0 Å². The van der Waals surface area contributed by atoms with Gasteiger partial charge in [0, 0.05) is 6.04 Å². The molecule has 100 valence electrons. The molecule has 18 heavy (non-hydrogen) atoms. The summed E-state index contributed by atoms with van der Waals surface area (Å²) in [5, 5.41) is 3.70. The molecule has 1 aromatic carbocycles. The molecule has 1 unspecified atom stereocenters. The van der Waals surface area contributed by atoms with Gasteiger partial charge in [-0.2, -0.15) is 0 Å². The first-order chi connectivity index (χ1) is 8.77. The topological polar surface area (TPSA) is 21.3 Å². The molecule has 0 heterocycles. The fourth-order valence-corrected chi connectivity index (χ4v) is 3.01. The summed E-state index contributed by atoms with van der Waals surface area (Å²) in [6.07, 6.45) is 6.18. The zero-order valence-corrected chi connectivity index (χ0v) is 11.9. The van der Waals surface area contributed by atoms with Crippen LogP contribution in [0.15, 0.2) is 12.1 Å². The molecular weight excluding hydrogens is 222 g/mol. The number of aryl methyl sites for hydroxylation is 1. The highest BCUT2D eigenvalue weighted by Crippen LogP contribution is 2.36. The molecule has 0 spiro atoms. The van der Waals surface area contributed by atoms with Crippen molar-refractivity contribution in [2.24, 2.45) is 0 Å². The highest BCUT2D eigenvalue weighted by molar-refractivity contribution is 5.47. The Kier molecular flexibility index (Phi) is 4.65. The zero-order valence-electron chi connectivity index (χ0n) is 11.9. The number of hydrogen-bond donors (Lipinski definition) is 1. The Balaban J connectivity index is 2.39. The van der Waals surface area contributed by atoms with E-state index in [1.165, 1.54) is 42.4 Å². The molecule has 2 rings (SSSR count). The van der Waals surface area contributed by atoms with Crippen LogP contribution in [0.2, 0.25) is 0 Å². The van der Waals surface area contributed by atoms with Crippen molar-refractivity contribution in [3.63, 3.8) is 0 Å². The minimum absolute atomic E-state index is 0.512. The molecule has 0 saturated carbocycles. The first kappa shape index (κ1) is 13.4. The second-order valence-electron chi connectivity index (χ2n) is 5.23. The lowest BCUT2D eigenvalue weighted by Gasteiger charge is -2.22. The molecule has 0 saturated heterocycles. The quantitative estimate of drug-likeness (QED) is 0.818. The van der Waals surface area contributed by atoms with Gasteiger partial charge in [0.1, 0.15) is 5.75 Å². The highest BCUT2D eigenvalue weighted by atomic mass is 16.5. The third kappa shape index (κ3) is 2.69. The van der Waals surface area contributed by atoms with E-state index in [1.54, 1.807) is 7.11 Å². The van der Waals surface area contributed by atoms with E-state index in [0.29, 0.717) is 6.04 Å². The third-order valence-electron chi connectivity index (χ3n) is 3.91. The monoisotopic (exact) mass is 247 g/mol. The van der Waals surface area contributed by atoms with Crippen molar-refractivity contribution >= 4 is 0 Å². The molecule has 0 aromatic heterocycles. The first-order valence-electron chi connectivity index (χ1n) is 7.17. The Morgan fingerprint density at radius 3 is 2.89 bits per heavy atom. The number of nitrogens with one attached hydrogen (secondary N) is 1. The summed E-state index contributed by atoms with van der Waals surface area (Å²) in [5.41, 5.74) is 4.34. The van der Waals surface area contributed by atoms with Crippen LogP contribution in [0.1, 0.15) is 55.3 Å². The summed E-state index contributed by atoms with van der Waals surface area (Å²) >= 11 is 0. The summed E-state index contributed by atoms with van der Waals surface area (Å²) in [7, 11) is 1.78. The van der Waals surface area contributed by atoms with Crippen LogP contribution in [0.5, 0.6) is 5.75 Å². The molecule has 1 aromatic rings. The van der Waals surface area contributed by atoms with Gasteiger partial charge in [0.05, 0.1) is 7.11 Å². The van der Waals surface area contributed by atoms with Crippen LogP contribution in [-0.2, 0) is 6.42 Å². The second-order valence-corrected chi connectivity index (χ2v) is 5.23. The molecule has 1 N–H and O–H groups in total. The minimum Gasteiger partial charge on any atom is -0.496 e. The molecule has 0 radical (unpaired) electrons. The molecule has 0 bridgehead atoms. The molecule has 1 atom stereocenters. The van der Waals surface area contributed by atoms with Gasteiger partial charge in [-0.15, -0.1) is 0 Å². The van der Waals surface area contributed by atoms with Gasteiger partial charge < -0.3 is 10.1 Å². The normalized spacial score (nSPS) is 19.2. The number of rotatable bonds is 4. The third-order valence-corrected chi connectivity index (χ3v) is 3.91. The van der Waals surface area contributed by atoms with Gasteiger partial charge in [-0.05, 0) is 61.9 Å². The summed E-state index contributed by atoms with van der Waals surface area (Å²) < 4.78 is 5.55. The fourth-order valence-electron chi connectivity index (χ4n) is 3.01. The summed E-state index contributed by atoms with van der Waals surface area (Å²) in [6.45, 7) is 5.55. The maximum atomic E-state index is 5.55. The second kappa shape index (κ2) is 6.24. The van der Waals surface area contributed by atoms with Crippen LogP contribution in [0.4, 0.5) is 0 Å². The zero-order chi connectivity index (χ0) is 13.0. The smallest absolute Gasteiger partial charge is 0.122 e. The molecule has 1 aliphatic carbocycles. The lowest BCUT2D eigenvalue weighted by molar-refractivity contribution is 0.407. The van der Waals surface area contributed by atoms with Crippen LogP contribution in [0, 0.1) is 6.92 Å². The van der Waals surface area contributed by atoms with Crippen LogP contribution in [0.25, 0.3) is 0 Å². The van der Waals surface area contributed by atoms with Gasteiger partial charge in [-0.25, -0.2) is 0 Å². The summed E-state index contributed by atoms with van der Waals surface area (Å²) in [5.74, 6) is 1.07. The van der Waals surface area contributed by atoms with Gasteiger partial charge in [-0.1, -0.05) is 19.4 Å². The molecule has 0 aliphatic heterocycles. The first-order valence-corrected chi connectivity index (χ1v) is 7.17. The lowest BCUT2D eigenvalue weighted by atomic mass is 9.93. The van der Waals surface area contributed by atoms with E-state index < -0.39 is 0 Å². The van der Waals surface area contributed by atoms with E-state index in [0.717, 1.165) is 18.7 Å². The van der Waals surface area contributed by atoms with Crippen molar-refractivity contribution in [2.75, 3.05) is 13.7 Å². The fraction of sp³-hybridized carbons (Fsp3) is 0.625. The van der Waals surface area contributed by atoms with E-state index in [-0.39, 0.29) is 0 Å². The van der Waals surface area contributed by atoms with Gasteiger partial charge >= 0.3 is 0 Å². The molecule has 1 aliphatic rings. The Morgan fingerprint density at radius 2 is 2.17 bits per heavy atom. The average molecular weight is 247 g/mol. The van der Waals surface area contributed by atoms with E-state index in [4.69, 9.17) is 4.74 Å². The number of ether oxygens (including phenoxy) is 1. The molecule has 2 heteroatoms. The maximum absolute atomic E-state index is 5.55. The minimum atomic E-state index is 0.512.